The van der Waals surface area contributed by atoms with E-state index in [4.69, 9.17) is 5.11 Å². The maximum absolute atomic E-state index is 10.8. The summed E-state index contributed by atoms with van der Waals surface area (Å²) in [4.78, 5) is 10.8. The lowest BCUT2D eigenvalue weighted by molar-refractivity contribution is -0.140. The van der Waals surface area contributed by atoms with E-state index >= 15 is 0 Å². The predicted molar refractivity (Wildman–Crippen MR) is 55.2 cm³/mol. The highest BCUT2D eigenvalue weighted by Crippen LogP contribution is 2.30. The fourth-order valence-corrected chi connectivity index (χ4v) is 1.80. The van der Waals surface area contributed by atoms with E-state index in [1.165, 1.54) is 0 Å². The monoisotopic (exact) mass is 279 g/mol. The van der Waals surface area contributed by atoms with E-state index in [2.05, 4.69) is 27.9 Å². The van der Waals surface area contributed by atoms with E-state index < -0.39 is 15.4 Å². The lowest BCUT2D eigenvalue weighted by Gasteiger charge is -2.29. The highest BCUT2D eigenvalue weighted by molar-refractivity contribution is 14.1. The first-order valence-corrected chi connectivity index (χ1v) is 4.64. The van der Waals surface area contributed by atoms with Crippen LogP contribution in [-0.2, 0) is 4.79 Å². The van der Waals surface area contributed by atoms with Crippen LogP contribution in [0.3, 0.4) is 0 Å². The van der Waals surface area contributed by atoms with Gasteiger partial charge in [-0.25, -0.2) is 0 Å². The molecule has 0 saturated carbocycles. The van der Waals surface area contributed by atoms with Gasteiger partial charge in [-0.2, -0.15) is 0 Å². The summed E-state index contributed by atoms with van der Waals surface area (Å²) < 4.78 is -0.488. The van der Waals surface area contributed by atoms with Gasteiger partial charge in [-0.15, -0.1) is 0 Å². The molecular weight excluding hydrogens is 269 g/mol. The molecule has 0 spiro atoms. The van der Waals surface area contributed by atoms with Crippen LogP contribution in [0.5, 0.6) is 0 Å². The molecule has 2 N–H and O–H groups in total. The van der Waals surface area contributed by atoms with Crippen LogP contribution in [0.1, 0.15) is 0 Å². The maximum atomic E-state index is 10.8. The molecule has 0 saturated heterocycles. The average molecular weight is 279 g/mol. The molecule has 66 valence electrons. The SMILES string of the molecule is CNC1(I)C=CC=CC1C(=O)O. The molecule has 2 atom stereocenters. The van der Waals surface area contributed by atoms with E-state index in [1.54, 1.807) is 19.2 Å². The predicted octanol–water partition coefficient (Wildman–Crippen LogP) is 1.16. The van der Waals surface area contributed by atoms with Crippen LogP contribution in [0.2, 0.25) is 0 Å². The Labute approximate surface area is 84.7 Å². The van der Waals surface area contributed by atoms with Crippen molar-refractivity contribution in [1.29, 1.82) is 0 Å². The van der Waals surface area contributed by atoms with Gasteiger partial charge in [0.05, 0.1) is 0 Å². The third-order valence-corrected chi connectivity index (χ3v) is 3.43. The Morgan fingerprint density at radius 3 is 2.75 bits per heavy atom. The average Bonchev–Trinajstić information content (AvgIpc) is 2.05. The van der Waals surface area contributed by atoms with Crippen LogP contribution in [0.25, 0.3) is 0 Å². The van der Waals surface area contributed by atoms with E-state index in [0.29, 0.717) is 0 Å². The highest BCUT2D eigenvalue weighted by Gasteiger charge is 2.36. The molecule has 0 aromatic rings. The number of carbonyl (C=O) groups is 1. The van der Waals surface area contributed by atoms with Crippen molar-refractivity contribution in [2.75, 3.05) is 7.05 Å². The van der Waals surface area contributed by atoms with Gasteiger partial charge in [-0.05, 0) is 7.05 Å². The quantitative estimate of drug-likeness (QED) is 0.453. The number of allylic oxidation sites excluding steroid dienone is 2. The second-order valence-corrected chi connectivity index (χ2v) is 4.36. The molecule has 0 radical (unpaired) electrons. The standard InChI is InChI=1S/C8H10INO2/c1-10-8(9)5-3-2-4-6(8)7(11)12/h2-6,10H,1H3,(H,11,12). The third kappa shape index (κ3) is 1.69. The topological polar surface area (TPSA) is 49.3 Å². The molecule has 0 aliphatic heterocycles. The number of alkyl halides is 1. The molecule has 3 nitrogen and oxygen atoms in total. The molecule has 0 bridgehead atoms. The van der Waals surface area contributed by atoms with Crippen LogP contribution >= 0.6 is 22.6 Å². The summed E-state index contributed by atoms with van der Waals surface area (Å²) in [5, 5.41) is 11.9. The Morgan fingerprint density at radius 1 is 1.67 bits per heavy atom. The molecule has 12 heavy (non-hydrogen) atoms. The van der Waals surface area contributed by atoms with Crippen molar-refractivity contribution >= 4 is 28.6 Å². The molecule has 0 aromatic carbocycles. The minimum absolute atomic E-state index is 0.488. The van der Waals surface area contributed by atoms with Crippen LogP contribution in [-0.4, -0.2) is 21.7 Å². The van der Waals surface area contributed by atoms with Gasteiger partial charge in [-0.1, -0.05) is 46.9 Å². The second kappa shape index (κ2) is 3.57. The van der Waals surface area contributed by atoms with Crippen molar-refractivity contribution in [3.05, 3.63) is 24.3 Å². The van der Waals surface area contributed by atoms with E-state index in [9.17, 15) is 4.79 Å². The number of likely N-dealkylation sites (N-methyl/N-ethyl adjacent to an activating group) is 1. The fraction of sp³-hybridized carbons (Fsp3) is 0.375. The number of hydrogen-bond acceptors (Lipinski definition) is 2. The van der Waals surface area contributed by atoms with Gasteiger partial charge >= 0.3 is 5.97 Å². The maximum Gasteiger partial charge on any atom is 0.313 e. The van der Waals surface area contributed by atoms with Gasteiger partial charge < -0.3 is 10.4 Å². The minimum atomic E-state index is -0.806. The van der Waals surface area contributed by atoms with E-state index in [-0.39, 0.29) is 0 Å². The zero-order valence-electron chi connectivity index (χ0n) is 6.62. The Balaban J connectivity index is 2.92. The number of hydrogen-bond donors (Lipinski definition) is 2. The minimum Gasteiger partial charge on any atom is -0.481 e. The lowest BCUT2D eigenvalue weighted by atomic mass is 9.95. The number of aliphatic carboxylic acids is 1. The molecule has 0 fully saturated rings. The number of nitrogens with one attached hydrogen (secondary N) is 1. The van der Waals surface area contributed by atoms with Gasteiger partial charge in [0.2, 0.25) is 0 Å². The molecule has 2 unspecified atom stereocenters. The molecule has 0 aromatic heterocycles. The summed E-state index contributed by atoms with van der Waals surface area (Å²) in [5.74, 6) is -1.30. The van der Waals surface area contributed by atoms with Gasteiger partial charge in [0, 0.05) is 0 Å². The molecule has 0 heterocycles. The molecule has 1 rings (SSSR count). The zero-order valence-corrected chi connectivity index (χ0v) is 8.78. The Morgan fingerprint density at radius 2 is 2.33 bits per heavy atom. The van der Waals surface area contributed by atoms with Crippen molar-refractivity contribution in [2.24, 2.45) is 5.92 Å². The molecule has 4 heteroatoms. The first kappa shape index (κ1) is 9.73. The normalized spacial score (nSPS) is 33.7. The van der Waals surface area contributed by atoms with Crippen molar-refractivity contribution in [3.63, 3.8) is 0 Å². The third-order valence-electron chi connectivity index (χ3n) is 1.86. The summed E-state index contributed by atoms with van der Waals surface area (Å²) in [5.41, 5.74) is 0. The zero-order chi connectivity index (χ0) is 9.19. The largest absolute Gasteiger partial charge is 0.481 e. The summed E-state index contributed by atoms with van der Waals surface area (Å²) in [7, 11) is 1.76. The molecule has 0 amide bonds. The van der Waals surface area contributed by atoms with Gasteiger partial charge in [0.15, 0.2) is 0 Å². The number of carboxylic acid groups (broad SMARTS) is 1. The van der Waals surface area contributed by atoms with E-state index in [1.807, 2.05) is 12.2 Å². The van der Waals surface area contributed by atoms with Crippen LogP contribution < -0.4 is 5.32 Å². The number of rotatable bonds is 2. The van der Waals surface area contributed by atoms with Crippen molar-refractivity contribution in [3.8, 4) is 0 Å². The Hall–Kier alpha value is -0.360. The van der Waals surface area contributed by atoms with Gasteiger partial charge in [-0.3, -0.25) is 4.79 Å². The van der Waals surface area contributed by atoms with Crippen LogP contribution in [0, 0.1) is 5.92 Å². The fourth-order valence-electron chi connectivity index (χ4n) is 1.12. The first-order valence-electron chi connectivity index (χ1n) is 3.57. The van der Waals surface area contributed by atoms with Crippen molar-refractivity contribution in [1.82, 2.24) is 5.32 Å². The summed E-state index contributed by atoms with van der Waals surface area (Å²) in [6, 6.07) is 0. The van der Waals surface area contributed by atoms with Gasteiger partial charge in [0.1, 0.15) is 9.46 Å². The second-order valence-electron chi connectivity index (χ2n) is 2.58. The van der Waals surface area contributed by atoms with Crippen LogP contribution in [0.4, 0.5) is 0 Å². The molecule has 1 aliphatic carbocycles. The van der Waals surface area contributed by atoms with Crippen molar-refractivity contribution in [2.45, 2.75) is 3.55 Å². The van der Waals surface area contributed by atoms with Crippen molar-refractivity contribution < 1.29 is 9.90 Å². The Kier molecular flexibility index (Phi) is 2.89. The number of carboxylic acids is 1. The van der Waals surface area contributed by atoms with Crippen LogP contribution in [0.15, 0.2) is 24.3 Å². The first-order chi connectivity index (χ1) is 5.60. The summed E-state index contributed by atoms with van der Waals surface area (Å²) >= 11 is 2.10. The molecular formula is C8H10INO2. The van der Waals surface area contributed by atoms with Gasteiger partial charge in [0.25, 0.3) is 0 Å². The lowest BCUT2D eigenvalue weighted by Crippen LogP contribution is -2.45. The smallest absolute Gasteiger partial charge is 0.313 e. The highest BCUT2D eigenvalue weighted by atomic mass is 127. The number of halogens is 1. The van der Waals surface area contributed by atoms with E-state index in [0.717, 1.165) is 0 Å². The Bertz CT molecular complexity index is 249. The summed E-state index contributed by atoms with van der Waals surface area (Å²) in [6.45, 7) is 0. The molecule has 1 aliphatic rings. The summed E-state index contributed by atoms with van der Waals surface area (Å²) in [6.07, 6.45) is 7.15.